The molecule has 5 rings (SSSR count). The van der Waals surface area contributed by atoms with Gasteiger partial charge in [-0.3, -0.25) is 4.79 Å². The van der Waals surface area contributed by atoms with Gasteiger partial charge in [0.2, 0.25) is 11.8 Å². The number of rotatable bonds is 8. The molecule has 170 valence electrons. The molecule has 0 bridgehead atoms. The first-order valence-corrected chi connectivity index (χ1v) is 11.4. The zero-order chi connectivity index (χ0) is 22.8. The molecule has 2 fully saturated rings. The summed E-state index contributed by atoms with van der Waals surface area (Å²) in [5, 5.41) is 3.85. The van der Waals surface area contributed by atoms with Crippen LogP contribution in [0.5, 0.6) is 11.6 Å². The van der Waals surface area contributed by atoms with Crippen LogP contribution in [0.1, 0.15) is 19.3 Å². The van der Waals surface area contributed by atoms with E-state index in [1.165, 1.54) is 25.2 Å². The van der Waals surface area contributed by atoms with Crippen LogP contribution in [0.3, 0.4) is 0 Å². The van der Waals surface area contributed by atoms with Crippen LogP contribution in [0.2, 0.25) is 5.02 Å². The number of hydrogen-bond donors (Lipinski definition) is 1. The molecule has 2 aliphatic rings. The van der Waals surface area contributed by atoms with Crippen molar-refractivity contribution >= 4 is 40.0 Å². The normalized spacial score (nSPS) is 17.7. The smallest absolute Gasteiger partial charge is 0.246 e. The van der Waals surface area contributed by atoms with Crippen molar-refractivity contribution in [1.82, 2.24) is 19.9 Å². The quantitative estimate of drug-likeness (QED) is 0.494. The molecular formula is C24H24ClN5O3. The van der Waals surface area contributed by atoms with E-state index in [1.54, 1.807) is 17.0 Å². The van der Waals surface area contributed by atoms with Crippen molar-refractivity contribution in [2.45, 2.75) is 25.4 Å². The Morgan fingerprint density at radius 2 is 2.12 bits per heavy atom. The van der Waals surface area contributed by atoms with Gasteiger partial charge in [-0.2, -0.15) is 0 Å². The van der Waals surface area contributed by atoms with Crippen LogP contribution in [0, 0.1) is 5.92 Å². The molecule has 0 unspecified atom stereocenters. The molecule has 1 aliphatic heterocycles. The van der Waals surface area contributed by atoms with Gasteiger partial charge in [0.1, 0.15) is 23.7 Å². The lowest BCUT2D eigenvalue weighted by Crippen LogP contribution is -2.29. The summed E-state index contributed by atoms with van der Waals surface area (Å²) in [4.78, 5) is 26.9. The molecule has 1 saturated heterocycles. The summed E-state index contributed by atoms with van der Waals surface area (Å²) in [6.45, 7) is 5.39. The van der Waals surface area contributed by atoms with Crippen molar-refractivity contribution in [3.63, 3.8) is 0 Å². The predicted molar refractivity (Wildman–Crippen MR) is 126 cm³/mol. The van der Waals surface area contributed by atoms with Crippen molar-refractivity contribution in [1.29, 1.82) is 0 Å². The van der Waals surface area contributed by atoms with Crippen LogP contribution in [0.15, 0.2) is 49.3 Å². The predicted octanol–water partition coefficient (Wildman–Crippen LogP) is 4.38. The largest absolute Gasteiger partial charge is 0.493 e. The fourth-order valence-corrected chi connectivity index (χ4v) is 3.98. The number of carbonyl (C=O) groups excluding carboxylic acids is 1. The second kappa shape index (κ2) is 9.23. The van der Waals surface area contributed by atoms with Gasteiger partial charge < -0.3 is 19.7 Å². The van der Waals surface area contributed by atoms with Crippen molar-refractivity contribution in [3.05, 3.63) is 54.3 Å². The molecule has 8 nitrogen and oxygen atoms in total. The van der Waals surface area contributed by atoms with E-state index in [2.05, 4.69) is 26.8 Å². The molecule has 1 atom stereocenters. The molecular weight excluding hydrogens is 442 g/mol. The summed E-state index contributed by atoms with van der Waals surface area (Å²) >= 11 is 6.31. The molecule has 1 N–H and O–H groups in total. The second-order valence-electron chi connectivity index (χ2n) is 8.31. The first kappa shape index (κ1) is 21.5. The van der Waals surface area contributed by atoms with Crippen molar-refractivity contribution < 1.29 is 14.3 Å². The van der Waals surface area contributed by atoms with Crippen LogP contribution in [0.4, 0.5) is 11.5 Å². The lowest BCUT2D eigenvalue weighted by atomic mass is 10.2. The van der Waals surface area contributed by atoms with Crippen LogP contribution in [-0.2, 0) is 4.79 Å². The molecule has 0 radical (unpaired) electrons. The van der Waals surface area contributed by atoms with Crippen LogP contribution < -0.4 is 14.8 Å². The van der Waals surface area contributed by atoms with E-state index in [0.29, 0.717) is 59.1 Å². The number of benzene rings is 1. The average Bonchev–Trinajstić information content (AvgIpc) is 3.53. The van der Waals surface area contributed by atoms with E-state index in [1.807, 2.05) is 18.2 Å². The Morgan fingerprint density at radius 3 is 2.94 bits per heavy atom. The van der Waals surface area contributed by atoms with Gasteiger partial charge in [-0.05, 0) is 43.0 Å². The van der Waals surface area contributed by atoms with Crippen molar-refractivity contribution in [2.75, 3.05) is 25.0 Å². The number of fused-ring (bicyclic) bond motifs is 1. The summed E-state index contributed by atoms with van der Waals surface area (Å²) < 4.78 is 11.9. The van der Waals surface area contributed by atoms with Crippen molar-refractivity contribution in [2.24, 2.45) is 5.92 Å². The number of ether oxygens (including phenoxy) is 2. The lowest BCUT2D eigenvalue weighted by molar-refractivity contribution is -0.125. The first-order chi connectivity index (χ1) is 16.1. The maximum Gasteiger partial charge on any atom is 0.246 e. The lowest BCUT2D eigenvalue weighted by Gasteiger charge is -2.16. The van der Waals surface area contributed by atoms with Gasteiger partial charge in [0.25, 0.3) is 0 Å². The van der Waals surface area contributed by atoms with Crippen LogP contribution >= 0.6 is 11.6 Å². The van der Waals surface area contributed by atoms with E-state index in [-0.39, 0.29) is 12.0 Å². The number of pyridine rings is 1. The molecule has 3 aromatic rings. The summed E-state index contributed by atoms with van der Waals surface area (Å²) in [5.74, 6) is 2.27. The standard InChI is InChI=1S/C24H24ClN5O3/c1-2-22(31)30-8-7-18(12-30)33-21-6-5-20-23(29-21)24(27-14-26-20)28-17-9-16(25)10-19(11-17)32-13-15-3-4-15/h2,5-6,9-11,14-15,18H,1,3-4,7-8,12-13H2,(H,26,27,28)/t18-/m0/s1. The third-order valence-electron chi connectivity index (χ3n) is 5.69. The zero-order valence-corrected chi connectivity index (χ0v) is 18.8. The fraction of sp³-hybridized carbons (Fsp3) is 0.333. The van der Waals surface area contributed by atoms with E-state index in [0.717, 1.165) is 12.1 Å². The van der Waals surface area contributed by atoms with E-state index in [4.69, 9.17) is 21.1 Å². The van der Waals surface area contributed by atoms with Crippen molar-refractivity contribution in [3.8, 4) is 11.6 Å². The van der Waals surface area contributed by atoms with Crippen LogP contribution in [0.25, 0.3) is 11.0 Å². The molecule has 3 heterocycles. The molecule has 2 aromatic heterocycles. The number of aromatic nitrogens is 3. The molecule has 1 aromatic carbocycles. The summed E-state index contributed by atoms with van der Waals surface area (Å²) in [6, 6.07) is 9.13. The Hall–Kier alpha value is -3.39. The second-order valence-corrected chi connectivity index (χ2v) is 8.75. The number of anilines is 2. The molecule has 0 spiro atoms. The fourth-order valence-electron chi connectivity index (χ4n) is 3.76. The minimum Gasteiger partial charge on any atom is -0.493 e. The summed E-state index contributed by atoms with van der Waals surface area (Å²) in [7, 11) is 0. The highest BCUT2D eigenvalue weighted by Gasteiger charge is 2.27. The van der Waals surface area contributed by atoms with E-state index in [9.17, 15) is 4.79 Å². The van der Waals surface area contributed by atoms with Gasteiger partial charge >= 0.3 is 0 Å². The molecule has 1 saturated carbocycles. The maximum absolute atomic E-state index is 11.8. The third kappa shape index (κ3) is 5.17. The Morgan fingerprint density at radius 1 is 1.24 bits per heavy atom. The highest BCUT2D eigenvalue weighted by atomic mass is 35.5. The topological polar surface area (TPSA) is 89.5 Å². The van der Waals surface area contributed by atoms with Gasteiger partial charge in [0.05, 0.1) is 18.7 Å². The molecule has 33 heavy (non-hydrogen) atoms. The van der Waals surface area contributed by atoms with Gasteiger partial charge in [-0.25, -0.2) is 15.0 Å². The van der Waals surface area contributed by atoms with E-state index >= 15 is 0 Å². The van der Waals surface area contributed by atoms with Crippen LogP contribution in [-0.4, -0.2) is 51.6 Å². The summed E-state index contributed by atoms with van der Waals surface area (Å²) in [5.41, 5.74) is 2.00. The van der Waals surface area contributed by atoms with Gasteiger partial charge in [-0.15, -0.1) is 0 Å². The Bertz CT molecular complexity index is 1200. The molecule has 9 heteroatoms. The van der Waals surface area contributed by atoms with Gasteiger partial charge in [-0.1, -0.05) is 18.2 Å². The maximum atomic E-state index is 11.8. The highest BCUT2D eigenvalue weighted by molar-refractivity contribution is 6.31. The molecule has 1 aliphatic carbocycles. The highest BCUT2D eigenvalue weighted by Crippen LogP contribution is 2.32. The van der Waals surface area contributed by atoms with E-state index < -0.39 is 0 Å². The Labute approximate surface area is 196 Å². The number of nitrogens with zero attached hydrogens (tertiary/aromatic N) is 4. The third-order valence-corrected chi connectivity index (χ3v) is 5.91. The monoisotopic (exact) mass is 465 g/mol. The van der Waals surface area contributed by atoms with Gasteiger partial charge in [0, 0.05) is 35.8 Å². The minimum absolute atomic E-state index is 0.0885. The Balaban J connectivity index is 1.34. The zero-order valence-electron chi connectivity index (χ0n) is 18.0. The van der Waals surface area contributed by atoms with Gasteiger partial charge in [0.15, 0.2) is 5.82 Å². The number of halogens is 1. The SMILES string of the molecule is C=CC(=O)N1CC[C@H](Oc2ccc3ncnc(Nc4cc(Cl)cc(OCC5CC5)c4)c3n2)C1. The summed E-state index contributed by atoms with van der Waals surface area (Å²) in [6.07, 6.45) is 5.86. The first-order valence-electron chi connectivity index (χ1n) is 11.0. The number of carbonyl (C=O) groups is 1. The Kier molecular flexibility index (Phi) is 6.00. The molecule has 1 amide bonds. The number of nitrogens with one attached hydrogen (secondary N) is 1. The minimum atomic E-state index is -0.126. The number of hydrogen-bond acceptors (Lipinski definition) is 7. The number of amides is 1. The average molecular weight is 466 g/mol. The number of likely N-dealkylation sites (tertiary alicyclic amines) is 1.